The minimum Gasteiger partial charge on any atom is -0.310 e. The number of hydrogen-bond donors (Lipinski definition) is 2. The van der Waals surface area contributed by atoms with Gasteiger partial charge >= 0.3 is 0 Å². The number of anilines is 1. The predicted molar refractivity (Wildman–Crippen MR) is 107 cm³/mol. The van der Waals surface area contributed by atoms with Crippen LogP contribution in [0.2, 0.25) is 0 Å². The Labute approximate surface area is 157 Å². The van der Waals surface area contributed by atoms with Gasteiger partial charge in [-0.25, -0.2) is 10.4 Å². The molecule has 0 radical (unpaired) electrons. The molecule has 3 rings (SSSR count). The average molecular weight is 360 g/mol. The van der Waals surface area contributed by atoms with Crippen molar-refractivity contribution >= 4 is 34.1 Å². The summed E-state index contributed by atoms with van der Waals surface area (Å²) in [5, 5.41) is 8.77. The molecule has 3 aromatic rings. The summed E-state index contributed by atoms with van der Waals surface area (Å²) in [5.74, 6) is -0.0665. The molecule has 6 heteroatoms. The van der Waals surface area contributed by atoms with Gasteiger partial charge in [-0.2, -0.15) is 5.10 Å². The highest BCUT2D eigenvalue weighted by Gasteiger charge is 2.08. The first-order valence-corrected chi connectivity index (χ1v) is 8.56. The lowest BCUT2D eigenvalue weighted by atomic mass is 10.1. The molecule has 6 nitrogen and oxygen atoms in total. The molecule has 2 amide bonds. The molecule has 1 heterocycles. The number of hydrogen-bond acceptors (Lipinski definition) is 4. The number of nitrogens with zero attached hydrogens (tertiary/aromatic N) is 2. The van der Waals surface area contributed by atoms with Gasteiger partial charge in [-0.3, -0.25) is 9.59 Å². The second-order valence-electron chi connectivity index (χ2n) is 6.29. The van der Waals surface area contributed by atoms with Crippen molar-refractivity contribution in [1.29, 1.82) is 0 Å². The second kappa shape index (κ2) is 8.23. The standard InChI is InChI=1S/C21H20N4O2/c1-14-9-10-22-19(11-14)23-20(26)12-15(2)24-25-21(27)18-8-7-16-5-3-4-6-17(16)13-18/h3-11,13H,12H2,1-2H3,(H,25,27)(H,22,23,26). The Bertz CT molecular complexity index is 1030. The first-order chi connectivity index (χ1) is 13.0. The van der Waals surface area contributed by atoms with E-state index in [9.17, 15) is 9.59 Å². The molecule has 2 aromatic carbocycles. The average Bonchev–Trinajstić information content (AvgIpc) is 2.65. The predicted octanol–water partition coefficient (Wildman–Crippen LogP) is 3.68. The summed E-state index contributed by atoms with van der Waals surface area (Å²) in [6.45, 7) is 3.61. The third-order valence-electron chi connectivity index (χ3n) is 3.96. The molecule has 1 aromatic heterocycles. The van der Waals surface area contributed by atoms with Gasteiger partial charge in [0.1, 0.15) is 5.82 Å². The van der Waals surface area contributed by atoms with E-state index in [-0.39, 0.29) is 18.2 Å². The zero-order chi connectivity index (χ0) is 19.2. The Hall–Kier alpha value is -3.54. The third kappa shape index (κ3) is 4.98. The maximum atomic E-state index is 12.3. The largest absolute Gasteiger partial charge is 0.310 e. The number of nitrogens with one attached hydrogen (secondary N) is 2. The Morgan fingerprint density at radius 1 is 1.04 bits per heavy atom. The van der Waals surface area contributed by atoms with Crippen molar-refractivity contribution in [3.8, 4) is 0 Å². The van der Waals surface area contributed by atoms with Crippen LogP contribution in [0.15, 0.2) is 65.9 Å². The number of carbonyl (C=O) groups excluding carboxylic acids is 2. The summed E-state index contributed by atoms with van der Waals surface area (Å²) in [6, 6.07) is 16.9. The molecule has 0 atom stereocenters. The highest BCUT2D eigenvalue weighted by molar-refractivity contribution is 6.06. The SMILES string of the molecule is CC(CC(=O)Nc1cc(C)ccn1)=NNC(=O)c1ccc2ccccc2c1. The normalized spacial score (nSPS) is 11.3. The molecule has 0 aliphatic rings. The van der Waals surface area contributed by atoms with Crippen LogP contribution >= 0.6 is 0 Å². The number of pyridine rings is 1. The molecule has 0 saturated heterocycles. The van der Waals surface area contributed by atoms with Crippen molar-refractivity contribution < 1.29 is 9.59 Å². The molecule has 0 bridgehead atoms. The summed E-state index contributed by atoms with van der Waals surface area (Å²) >= 11 is 0. The van der Waals surface area contributed by atoms with Crippen molar-refractivity contribution in [3.05, 3.63) is 71.9 Å². The van der Waals surface area contributed by atoms with Gasteiger partial charge in [0, 0.05) is 17.5 Å². The molecule has 0 spiro atoms. The highest BCUT2D eigenvalue weighted by atomic mass is 16.2. The van der Waals surface area contributed by atoms with Crippen LogP contribution in [0.3, 0.4) is 0 Å². The Balaban J connectivity index is 1.58. The van der Waals surface area contributed by atoms with Gasteiger partial charge in [-0.15, -0.1) is 0 Å². The van der Waals surface area contributed by atoms with Crippen molar-refractivity contribution in [2.45, 2.75) is 20.3 Å². The summed E-state index contributed by atoms with van der Waals surface area (Å²) in [7, 11) is 0. The minimum atomic E-state index is -0.319. The molecule has 136 valence electrons. The van der Waals surface area contributed by atoms with Gasteiger partial charge in [0.05, 0.1) is 6.42 Å². The molecular weight excluding hydrogens is 340 g/mol. The van der Waals surface area contributed by atoms with E-state index in [1.807, 2.05) is 49.4 Å². The quantitative estimate of drug-likeness (QED) is 0.538. The second-order valence-corrected chi connectivity index (χ2v) is 6.29. The van der Waals surface area contributed by atoms with Crippen molar-refractivity contribution in [2.24, 2.45) is 5.10 Å². The van der Waals surface area contributed by atoms with Crippen LogP contribution in [0.25, 0.3) is 10.8 Å². The van der Waals surface area contributed by atoms with Crippen LogP contribution in [0.4, 0.5) is 5.82 Å². The summed E-state index contributed by atoms with van der Waals surface area (Å²) in [4.78, 5) is 28.4. The lowest BCUT2D eigenvalue weighted by molar-refractivity contribution is -0.115. The maximum absolute atomic E-state index is 12.3. The minimum absolute atomic E-state index is 0.0631. The van der Waals surface area contributed by atoms with Crippen LogP contribution in [0, 0.1) is 6.92 Å². The fraction of sp³-hybridized carbons (Fsp3) is 0.143. The molecule has 0 unspecified atom stereocenters. The van der Waals surface area contributed by atoms with Gasteiger partial charge in [0.15, 0.2) is 0 Å². The number of aryl methyl sites for hydroxylation is 1. The van der Waals surface area contributed by atoms with Crippen molar-refractivity contribution in [1.82, 2.24) is 10.4 Å². The number of fused-ring (bicyclic) bond motifs is 1. The zero-order valence-corrected chi connectivity index (χ0v) is 15.2. The third-order valence-corrected chi connectivity index (χ3v) is 3.96. The van der Waals surface area contributed by atoms with Crippen LogP contribution in [-0.4, -0.2) is 22.5 Å². The van der Waals surface area contributed by atoms with E-state index in [0.717, 1.165) is 16.3 Å². The fourth-order valence-electron chi connectivity index (χ4n) is 2.60. The number of benzene rings is 2. The summed E-state index contributed by atoms with van der Waals surface area (Å²) < 4.78 is 0. The van der Waals surface area contributed by atoms with Gasteiger partial charge < -0.3 is 5.32 Å². The molecule has 2 N–H and O–H groups in total. The lowest BCUT2D eigenvalue weighted by Gasteiger charge is -2.06. The van der Waals surface area contributed by atoms with E-state index in [1.165, 1.54) is 0 Å². The fourth-order valence-corrected chi connectivity index (χ4v) is 2.60. The number of rotatable bonds is 5. The van der Waals surface area contributed by atoms with Gasteiger partial charge in [-0.05, 0) is 54.4 Å². The number of aromatic nitrogens is 1. The Morgan fingerprint density at radius 2 is 1.81 bits per heavy atom. The first-order valence-electron chi connectivity index (χ1n) is 8.56. The monoisotopic (exact) mass is 360 g/mol. The molecule has 0 aliphatic carbocycles. The number of amides is 2. The van der Waals surface area contributed by atoms with E-state index in [0.29, 0.717) is 17.1 Å². The molecule has 0 fully saturated rings. The maximum Gasteiger partial charge on any atom is 0.271 e. The first kappa shape index (κ1) is 18.3. The van der Waals surface area contributed by atoms with Crippen LogP contribution in [0.5, 0.6) is 0 Å². The Kier molecular flexibility index (Phi) is 5.56. The molecule has 27 heavy (non-hydrogen) atoms. The molecular formula is C21H20N4O2. The van der Waals surface area contributed by atoms with E-state index < -0.39 is 0 Å². The number of hydrazone groups is 1. The van der Waals surface area contributed by atoms with Crippen LogP contribution in [0.1, 0.15) is 29.3 Å². The topological polar surface area (TPSA) is 83.4 Å². The Morgan fingerprint density at radius 3 is 2.59 bits per heavy atom. The molecule has 0 aliphatic heterocycles. The van der Waals surface area contributed by atoms with Crippen LogP contribution < -0.4 is 10.7 Å². The van der Waals surface area contributed by atoms with E-state index in [2.05, 4.69) is 20.8 Å². The van der Waals surface area contributed by atoms with Crippen molar-refractivity contribution in [2.75, 3.05) is 5.32 Å². The van der Waals surface area contributed by atoms with Gasteiger partial charge in [0.2, 0.25) is 5.91 Å². The summed E-state index contributed by atoms with van der Waals surface area (Å²) in [6.07, 6.45) is 1.70. The van der Waals surface area contributed by atoms with E-state index in [1.54, 1.807) is 25.3 Å². The van der Waals surface area contributed by atoms with Gasteiger partial charge in [0.25, 0.3) is 5.91 Å². The van der Waals surface area contributed by atoms with Crippen LogP contribution in [-0.2, 0) is 4.79 Å². The van der Waals surface area contributed by atoms with Gasteiger partial charge in [-0.1, -0.05) is 30.3 Å². The van der Waals surface area contributed by atoms with E-state index >= 15 is 0 Å². The summed E-state index contributed by atoms with van der Waals surface area (Å²) in [5.41, 5.74) is 4.51. The van der Waals surface area contributed by atoms with Crippen molar-refractivity contribution in [3.63, 3.8) is 0 Å². The molecule has 0 saturated carbocycles. The zero-order valence-electron chi connectivity index (χ0n) is 15.2. The lowest BCUT2D eigenvalue weighted by Crippen LogP contribution is -2.21. The highest BCUT2D eigenvalue weighted by Crippen LogP contribution is 2.15. The van der Waals surface area contributed by atoms with E-state index in [4.69, 9.17) is 0 Å². The number of carbonyl (C=O) groups is 2. The smallest absolute Gasteiger partial charge is 0.271 e.